The van der Waals surface area contributed by atoms with Gasteiger partial charge in [0, 0.05) is 12.2 Å². The highest BCUT2D eigenvalue weighted by Gasteiger charge is 2.11. The van der Waals surface area contributed by atoms with Crippen LogP contribution in [0.3, 0.4) is 0 Å². The van der Waals surface area contributed by atoms with Gasteiger partial charge in [0.2, 0.25) is 0 Å². The Morgan fingerprint density at radius 3 is 3.18 bits per heavy atom. The summed E-state index contributed by atoms with van der Waals surface area (Å²) >= 11 is 2.99. The van der Waals surface area contributed by atoms with Crippen LogP contribution in [-0.2, 0) is 4.79 Å². The molecule has 4 heteroatoms. The third-order valence-corrected chi connectivity index (χ3v) is 3.31. The molecule has 0 fully saturated rings. The van der Waals surface area contributed by atoms with Crippen LogP contribution in [0.4, 0.5) is 0 Å². The number of carbonyl (C=O) groups excluding carboxylic acids is 1. The van der Waals surface area contributed by atoms with Gasteiger partial charge in [-0.3, -0.25) is 9.79 Å². The van der Waals surface area contributed by atoms with Crippen molar-refractivity contribution in [1.29, 1.82) is 0 Å². The van der Waals surface area contributed by atoms with Crippen LogP contribution in [0.5, 0.6) is 0 Å². The Bertz CT molecular complexity index is 179. The smallest absolute Gasteiger partial charge is 0.195 e. The van der Waals surface area contributed by atoms with Gasteiger partial charge >= 0.3 is 0 Å². The number of carbonyl (C=O) groups is 1. The Labute approximate surface area is 75.2 Å². The van der Waals surface area contributed by atoms with Crippen LogP contribution in [0.25, 0.3) is 0 Å². The number of rotatable bonds is 2. The second kappa shape index (κ2) is 4.83. The molecule has 0 N–H and O–H groups in total. The summed E-state index contributed by atoms with van der Waals surface area (Å²) in [5.41, 5.74) is 0. The summed E-state index contributed by atoms with van der Waals surface area (Å²) in [5, 5.41) is 0.251. The molecular formula is C7H11NOS2. The number of aliphatic imine (C=N–C) groups is 1. The van der Waals surface area contributed by atoms with Crippen LogP contribution >= 0.6 is 23.5 Å². The second-order valence-electron chi connectivity index (χ2n) is 2.22. The van der Waals surface area contributed by atoms with Gasteiger partial charge in [-0.25, -0.2) is 0 Å². The van der Waals surface area contributed by atoms with Crippen LogP contribution in [0, 0.1) is 0 Å². The first-order chi connectivity index (χ1) is 5.33. The zero-order valence-corrected chi connectivity index (χ0v) is 8.13. The maximum atomic E-state index is 11.1. The molecule has 0 saturated heterocycles. The summed E-state index contributed by atoms with van der Waals surface area (Å²) < 4.78 is 0.962. The first-order valence-corrected chi connectivity index (χ1v) is 5.51. The van der Waals surface area contributed by atoms with E-state index < -0.39 is 0 Å². The molecule has 0 bridgehead atoms. The lowest BCUT2D eigenvalue weighted by atomic mass is 10.4. The Morgan fingerprint density at radius 2 is 2.64 bits per heavy atom. The Morgan fingerprint density at radius 1 is 1.82 bits per heavy atom. The van der Waals surface area contributed by atoms with Crippen LogP contribution in [0.2, 0.25) is 0 Å². The van der Waals surface area contributed by atoms with Gasteiger partial charge < -0.3 is 0 Å². The van der Waals surface area contributed by atoms with E-state index in [1.807, 2.05) is 6.92 Å². The normalized spacial score (nSPS) is 16.6. The van der Waals surface area contributed by atoms with Gasteiger partial charge in [-0.05, 0) is 18.2 Å². The van der Waals surface area contributed by atoms with Crippen LogP contribution in [0.1, 0.15) is 19.8 Å². The molecule has 11 heavy (non-hydrogen) atoms. The molecule has 0 unspecified atom stereocenters. The fourth-order valence-corrected chi connectivity index (χ4v) is 2.69. The first-order valence-electron chi connectivity index (χ1n) is 3.71. The van der Waals surface area contributed by atoms with E-state index in [9.17, 15) is 4.79 Å². The number of hydrogen-bond donors (Lipinski definition) is 0. The van der Waals surface area contributed by atoms with Crippen LogP contribution in [0.15, 0.2) is 4.99 Å². The predicted molar refractivity (Wildman–Crippen MR) is 52.3 cm³/mol. The van der Waals surface area contributed by atoms with Crippen molar-refractivity contribution in [3.05, 3.63) is 0 Å². The minimum atomic E-state index is 0.251. The molecule has 0 aliphatic carbocycles. The molecule has 0 amide bonds. The summed E-state index contributed by atoms with van der Waals surface area (Å²) in [6, 6.07) is 0. The molecule has 1 aliphatic rings. The lowest BCUT2D eigenvalue weighted by molar-refractivity contribution is -0.110. The molecule has 62 valence electrons. The molecular weight excluding hydrogens is 178 g/mol. The van der Waals surface area contributed by atoms with Gasteiger partial charge in [0.25, 0.3) is 0 Å². The highest BCUT2D eigenvalue weighted by molar-refractivity contribution is 8.45. The van der Waals surface area contributed by atoms with Crippen molar-refractivity contribution in [2.75, 3.05) is 12.3 Å². The van der Waals surface area contributed by atoms with Crippen molar-refractivity contribution < 1.29 is 4.79 Å². The van der Waals surface area contributed by atoms with Crippen molar-refractivity contribution in [1.82, 2.24) is 0 Å². The predicted octanol–water partition coefficient (Wildman–Crippen LogP) is 2.15. The lowest BCUT2D eigenvalue weighted by Crippen LogP contribution is -1.93. The summed E-state index contributed by atoms with van der Waals surface area (Å²) in [6.45, 7) is 2.90. The monoisotopic (exact) mass is 189 g/mol. The van der Waals surface area contributed by atoms with Crippen molar-refractivity contribution >= 4 is 33.0 Å². The molecule has 0 saturated carbocycles. The Hall–Kier alpha value is 0.0400. The molecule has 1 aliphatic heterocycles. The van der Waals surface area contributed by atoms with Crippen LogP contribution < -0.4 is 0 Å². The lowest BCUT2D eigenvalue weighted by Gasteiger charge is -1.95. The summed E-state index contributed by atoms with van der Waals surface area (Å²) in [4.78, 5) is 15.2. The molecule has 0 atom stereocenters. The number of thioether (sulfide) groups is 2. The molecule has 0 radical (unpaired) electrons. The summed E-state index contributed by atoms with van der Waals surface area (Å²) in [6.07, 6.45) is 1.61. The van der Waals surface area contributed by atoms with E-state index in [1.165, 1.54) is 11.8 Å². The van der Waals surface area contributed by atoms with E-state index >= 15 is 0 Å². The molecule has 1 rings (SSSR count). The molecule has 0 aromatic heterocycles. The standard InChI is InChI=1S/C7H11NOS2/c1-2-3-6(9)11-7-8-4-5-10-7/h2-5H2,1H3. The van der Waals surface area contributed by atoms with Crippen molar-refractivity contribution in [2.45, 2.75) is 19.8 Å². The number of nitrogens with zero attached hydrogens (tertiary/aromatic N) is 1. The van der Waals surface area contributed by atoms with E-state index in [0.717, 1.165) is 23.1 Å². The average molecular weight is 189 g/mol. The molecule has 0 spiro atoms. The largest absolute Gasteiger partial charge is 0.287 e. The van der Waals surface area contributed by atoms with E-state index in [0.29, 0.717) is 6.42 Å². The molecule has 2 nitrogen and oxygen atoms in total. The highest BCUT2D eigenvalue weighted by atomic mass is 32.2. The van der Waals surface area contributed by atoms with Gasteiger partial charge in [0.05, 0.1) is 6.54 Å². The zero-order valence-electron chi connectivity index (χ0n) is 6.50. The summed E-state index contributed by atoms with van der Waals surface area (Å²) in [7, 11) is 0. The maximum Gasteiger partial charge on any atom is 0.195 e. The number of hydrogen-bond acceptors (Lipinski definition) is 4. The third-order valence-electron chi connectivity index (χ3n) is 1.21. The Kier molecular flexibility index (Phi) is 4.01. The average Bonchev–Trinajstić information content (AvgIpc) is 2.40. The molecule has 1 heterocycles. The van der Waals surface area contributed by atoms with Crippen molar-refractivity contribution in [2.24, 2.45) is 4.99 Å². The fraction of sp³-hybridized carbons (Fsp3) is 0.714. The minimum Gasteiger partial charge on any atom is -0.287 e. The topological polar surface area (TPSA) is 29.4 Å². The van der Waals surface area contributed by atoms with Crippen LogP contribution in [-0.4, -0.2) is 21.8 Å². The maximum absolute atomic E-state index is 11.1. The second-order valence-corrected chi connectivity index (χ2v) is 4.61. The van der Waals surface area contributed by atoms with E-state index in [2.05, 4.69) is 4.99 Å². The summed E-state index contributed by atoms with van der Waals surface area (Å²) in [5.74, 6) is 1.04. The van der Waals surface area contributed by atoms with Gasteiger partial charge in [-0.2, -0.15) is 0 Å². The quantitative estimate of drug-likeness (QED) is 0.666. The van der Waals surface area contributed by atoms with E-state index in [1.54, 1.807) is 11.8 Å². The molecule has 0 aromatic carbocycles. The minimum absolute atomic E-state index is 0.251. The molecule has 0 aromatic rings. The van der Waals surface area contributed by atoms with Crippen molar-refractivity contribution in [3.63, 3.8) is 0 Å². The zero-order chi connectivity index (χ0) is 8.10. The van der Waals surface area contributed by atoms with Gasteiger partial charge in [-0.1, -0.05) is 18.7 Å². The van der Waals surface area contributed by atoms with E-state index in [-0.39, 0.29) is 5.12 Å². The van der Waals surface area contributed by atoms with Crippen molar-refractivity contribution in [3.8, 4) is 0 Å². The fourth-order valence-electron chi connectivity index (χ4n) is 0.730. The highest BCUT2D eigenvalue weighted by Crippen LogP contribution is 2.23. The van der Waals surface area contributed by atoms with Gasteiger partial charge in [0.15, 0.2) is 5.12 Å². The van der Waals surface area contributed by atoms with Gasteiger partial charge in [0.1, 0.15) is 4.38 Å². The Balaban J connectivity index is 2.24. The van der Waals surface area contributed by atoms with E-state index in [4.69, 9.17) is 0 Å². The third kappa shape index (κ3) is 3.29. The van der Waals surface area contributed by atoms with Gasteiger partial charge in [-0.15, -0.1) is 0 Å². The first kappa shape index (κ1) is 9.13. The SMILES string of the molecule is CCCC(=O)SC1=NCCS1.